The molecule has 4 aromatic rings. The maximum Gasteiger partial charge on any atom is 0.289 e. The molecule has 3 aromatic heterocycles. The number of hydrogen-bond donors (Lipinski definition) is 0. The third kappa shape index (κ3) is 3.42. The molecule has 1 aliphatic rings. The number of rotatable bonds is 4. The predicted octanol–water partition coefficient (Wildman–Crippen LogP) is 3.07. The van der Waals surface area contributed by atoms with Gasteiger partial charge in [-0.1, -0.05) is 40.7 Å². The molecular formula is C20H18N6O3. The molecule has 0 atom stereocenters. The highest BCUT2D eigenvalue weighted by molar-refractivity contribution is 5.91. The molecule has 0 spiro atoms. The Morgan fingerprint density at radius 3 is 2.66 bits per heavy atom. The molecule has 146 valence electrons. The normalized spacial score (nSPS) is 15.0. The van der Waals surface area contributed by atoms with Gasteiger partial charge >= 0.3 is 0 Å². The second-order valence-electron chi connectivity index (χ2n) is 6.87. The molecule has 1 aromatic carbocycles. The van der Waals surface area contributed by atoms with E-state index in [-0.39, 0.29) is 11.9 Å². The van der Waals surface area contributed by atoms with Crippen molar-refractivity contribution < 1.29 is 13.7 Å². The van der Waals surface area contributed by atoms with E-state index in [4.69, 9.17) is 8.94 Å². The third-order valence-electron chi connectivity index (χ3n) is 5.05. The van der Waals surface area contributed by atoms with Gasteiger partial charge in [0.2, 0.25) is 5.82 Å². The molecule has 1 amide bonds. The van der Waals surface area contributed by atoms with Crippen molar-refractivity contribution in [1.82, 2.24) is 30.0 Å². The number of aromatic nitrogens is 5. The molecule has 0 bridgehead atoms. The zero-order valence-corrected chi connectivity index (χ0v) is 15.5. The van der Waals surface area contributed by atoms with Crippen LogP contribution in [0.4, 0.5) is 0 Å². The average Bonchev–Trinajstić information content (AvgIpc) is 3.55. The van der Waals surface area contributed by atoms with E-state index in [0.29, 0.717) is 36.3 Å². The molecular weight excluding hydrogens is 372 g/mol. The van der Waals surface area contributed by atoms with Gasteiger partial charge in [-0.05, 0) is 25.0 Å². The van der Waals surface area contributed by atoms with Crippen molar-refractivity contribution in [3.8, 4) is 23.0 Å². The first-order valence-corrected chi connectivity index (χ1v) is 9.42. The van der Waals surface area contributed by atoms with Crippen LogP contribution in [0.25, 0.3) is 23.0 Å². The minimum Gasteiger partial charge on any atom is -0.459 e. The van der Waals surface area contributed by atoms with E-state index < -0.39 is 0 Å². The summed E-state index contributed by atoms with van der Waals surface area (Å²) in [4.78, 5) is 18.6. The second kappa shape index (κ2) is 7.34. The molecule has 1 aliphatic heterocycles. The molecule has 0 radical (unpaired) electrons. The SMILES string of the molecule is O=C(c1ccco1)N1CCC(n2cc(-c3nc(-c4ccccc4)no3)nn2)CC1. The van der Waals surface area contributed by atoms with Gasteiger partial charge in [0.15, 0.2) is 11.5 Å². The standard InChI is InChI=1S/C20H18N6O3/c27-20(17-7-4-12-28-17)25-10-8-15(9-11-25)26-13-16(22-24-26)19-21-18(23-29-19)14-5-2-1-3-6-14/h1-7,12-13,15H,8-11H2. The maximum atomic E-state index is 12.4. The van der Waals surface area contributed by atoms with Crippen LogP contribution in [-0.2, 0) is 0 Å². The van der Waals surface area contributed by atoms with Crippen LogP contribution in [0.1, 0.15) is 29.4 Å². The topological polar surface area (TPSA) is 103 Å². The molecule has 29 heavy (non-hydrogen) atoms. The van der Waals surface area contributed by atoms with Crippen LogP contribution in [0.2, 0.25) is 0 Å². The van der Waals surface area contributed by atoms with E-state index >= 15 is 0 Å². The quantitative estimate of drug-likeness (QED) is 0.527. The smallest absolute Gasteiger partial charge is 0.289 e. The number of piperidine rings is 1. The van der Waals surface area contributed by atoms with Gasteiger partial charge in [-0.15, -0.1) is 5.10 Å². The number of nitrogens with zero attached hydrogens (tertiary/aromatic N) is 6. The van der Waals surface area contributed by atoms with Gasteiger partial charge in [0.1, 0.15) is 0 Å². The summed E-state index contributed by atoms with van der Waals surface area (Å²) in [6.45, 7) is 1.27. The number of furan rings is 1. The first-order valence-electron chi connectivity index (χ1n) is 9.42. The van der Waals surface area contributed by atoms with Crippen LogP contribution in [0.15, 0.2) is 63.9 Å². The summed E-state index contributed by atoms with van der Waals surface area (Å²) in [7, 11) is 0. The van der Waals surface area contributed by atoms with Crippen LogP contribution in [-0.4, -0.2) is 49.0 Å². The Morgan fingerprint density at radius 1 is 1.07 bits per heavy atom. The third-order valence-corrected chi connectivity index (χ3v) is 5.05. The minimum atomic E-state index is -0.0768. The number of benzene rings is 1. The molecule has 0 N–H and O–H groups in total. The second-order valence-corrected chi connectivity index (χ2v) is 6.87. The Labute approximate surface area is 165 Å². The first-order chi connectivity index (χ1) is 14.3. The first kappa shape index (κ1) is 17.4. The minimum absolute atomic E-state index is 0.0768. The lowest BCUT2D eigenvalue weighted by atomic mass is 10.1. The summed E-state index contributed by atoms with van der Waals surface area (Å²) in [5, 5.41) is 12.4. The fourth-order valence-corrected chi connectivity index (χ4v) is 3.47. The van der Waals surface area contributed by atoms with Crippen molar-refractivity contribution in [2.75, 3.05) is 13.1 Å². The number of likely N-dealkylation sites (tertiary alicyclic amines) is 1. The molecule has 9 nitrogen and oxygen atoms in total. The van der Waals surface area contributed by atoms with Gasteiger partial charge in [0.05, 0.1) is 18.5 Å². The van der Waals surface area contributed by atoms with Gasteiger partial charge in [-0.2, -0.15) is 4.98 Å². The number of carbonyl (C=O) groups excluding carboxylic acids is 1. The Morgan fingerprint density at radius 2 is 1.90 bits per heavy atom. The van der Waals surface area contributed by atoms with Crippen LogP contribution in [0, 0.1) is 0 Å². The maximum absolute atomic E-state index is 12.4. The molecule has 4 heterocycles. The number of amides is 1. The van der Waals surface area contributed by atoms with E-state index in [1.807, 2.05) is 41.2 Å². The van der Waals surface area contributed by atoms with Gasteiger partial charge in [-0.3, -0.25) is 4.79 Å². The zero-order valence-electron chi connectivity index (χ0n) is 15.5. The van der Waals surface area contributed by atoms with Crippen molar-refractivity contribution >= 4 is 5.91 Å². The van der Waals surface area contributed by atoms with Gasteiger partial charge < -0.3 is 13.8 Å². The van der Waals surface area contributed by atoms with E-state index in [0.717, 1.165) is 18.4 Å². The lowest BCUT2D eigenvalue weighted by Gasteiger charge is -2.31. The van der Waals surface area contributed by atoms with Crippen molar-refractivity contribution in [2.45, 2.75) is 18.9 Å². The highest BCUT2D eigenvalue weighted by atomic mass is 16.5. The average molecular weight is 390 g/mol. The molecule has 9 heteroatoms. The zero-order chi connectivity index (χ0) is 19.6. The summed E-state index contributed by atoms with van der Waals surface area (Å²) in [5.74, 6) is 1.14. The molecule has 0 saturated carbocycles. The summed E-state index contributed by atoms with van der Waals surface area (Å²) >= 11 is 0. The fraction of sp³-hybridized carbons (Fsp3) is 0.250. The van der Waals surface area contributed by atoms with Crippen molar-refractivity contribution in [3.05, 3.63) is 60.7 Å². The van der Waals surface area contributed by atoms with Crippen LogP contribution < -0.4 is 0 Å². The Bertz CT molecular complexity index is 1090. The number of hydrogen-bond acceptors (Lipinski definition) is 7. The molecule has 5 rings (SSSR count). The van der Waals surface area contributed by atoms with Gasteiger partial charge in [0.25, 0.3) is 11.8 Å². The predicted molar refractivity (Wildman–Crippen MR) is 102 cm³/mol. The van der Waals surface area contributed by atoms with Crippen LogP contribution >= 0.6 is 0 Å². The molecule has 1 saturated heterocycles. The van der Waals surface area contributed by atoms with Gasteiger partial charge in [-0.25, -0.2) is 4.68 Å². The lowest BCUT2D eigenvalue weighted by molar-refractivity contribution is 0.0657. The highest BCUT2D eigenvalue weighted by Gasteiger charge is 2.27. The van der Waals surface area contributed by atoms with Crippen LogP contribution in [0.3, 0.4) is 0 Å². The lowest BCUT2D eigenvalue weighted by Crippen LogP contribution is -2.39. The van der Waals surface area contributed by atoms with E-state index in [1.165, 1.54) is 6.26 Å². The molecule has 0 unspecified atom stereocenters. The Hall–Kier alpha value is -3.75. The number of carbonyl (C=O) groups is 1. The molecule has 1 fully saturated rings. The summed E-state index contributed by atoms with van der Waals surface area (Å²) in [6, 6.07) is 13.2. The Balaban J connectivity index is 1.26. The van der Waals surface area contributed by atoms with E-state index in [1.54, 1.807) is 17.0 Å². The van der Waals surface area contributed by atoms with Crippen molar-refractivity contribution in [3.63, 3.8) is 0 Å². The Kier molecular flexibility index (Phi) is 4.39. The summed E-state index contributed by atoms with van der Waals surface area (Å²) in [5.41, 5.74) is 1.41. The molecule has 0 aliphatic carbocycles. The fourth-order valence-electron chi connectivity index (χ4n) is 3.47. The van der Waals surface area contributed by atoms with E-state index in [2.05, 4.69) is 20.5 Å². The summed E-state index contributed by atoms with van der Waals surface area (Å²) in [6.07, 6.45) is 4.90. The monoisotopic (exact) mass is 390 g/mol. The van der Waals surface area contributed by atoms with Crippen molar-refractivity contribution in [2.24, 2.45) is 0 Å². The summed E-state index contributed by atoms with van der Waals surface area (Å²) < 4.78 is 12.4. The van der Waals surface area contributed by atoms with E-state index in [9.17, 15) is 4.79 Å². The highest BCUT2D eigenvalue weighted by Crippen LogP contribution is 2.25. The van der Waals surface area contributed by atoms with Gasteiger partial charge in [0, 0.05) is 18.7 Å². The largest absolute Gasteiger partial charge is 0.459 e. The van der Waals surface area contributed by atoms with Crippen molar-refractivity contribution in [1.29, 1.82) is 0 Å². The van der Waals surface area contributed by atoms with Crippen LogP contribution in [0.5, 0.6) is 0 Å².